The molecule has 1 saturated heterocycles. The number of amides is 1. The summed E-state index contributed by atoms with van der Waals surface area (Å²) >= 11 is 0. The van der Waals surface area contributed by atoms with Crippen molar-refractivity contribution in [1.82, 2.24) is 10.1 Å². The Labute approximate surface area is 167 Å². The van der Waals surface area contributed by atoms with Crippen molar-refractivity contribution in [3.63, 3.8) is 0 Å². The van der Waals surface area contributed by atoms with Crippen molar-refractivity contribution >= 4 is 17.4 Å². The summed E-state index contributed by atoms with van der Waals surface area (Å²) in [6.45, 7) is 11.5. The number of likely N-dealkylation sites (N-methyl/N-ethyl adjacent to an activating group) is 1. The monoisotopic (exact) mass is 395 g/mol. The number of carbonyl (C=O) groups is 1. The predicted octanol–water partition coefficient (Wildman–Crippen LogP) is 2.43. The average molecular weight is 396 g/mol. The van der Waals surface area contributed by atoms with Crippen molar-refractivity contribution in [3.8, 4) is 0 Å². The summed E-state index contributed by atoms with van der Waals surface area (Å²) in [7, 11) is 3.59. The minimum atomic E-state index is -0.689. The fourth-order valence-electron chi connectivity index (χ4n) is 2.89. The Balaban J connectivity index is 1.86. The summed E-state index contributed by atoms with van der Waals surface area (Å²) in [4.78, 5) is 14.9. The fourth-order valence-corrected chi connectivity index (χ4v) is 2.89. The molecule has 28 heavy (non-hydrogen) atoms. The molecule has 1 aromatic heterocycles. The summed E-state index contributed by atoms with van der Waals surface area (Å²) in [6, 6.07) is 1.66. The van der Waals surface area contributed by atoms with Crippen molar-refractivity contribution in [2.75, 3.05) is 59.1 Å². The quantitative estimate of drug-likeness (QED) is 0.576. The van der Waals surface area contributed by atoms with E-state index in [0.29, 0.717) is 42.9 Å². The molecule has 0 unspecified atom stereocenters. The number of rotatable bonds is 11. The van der Waals surface area contributed by atoms with Crippen LogP contribution in [0.25, 0.3) is 5.57 Å². The molecule has 158 valence electrons. The number of hydrogen-bond acceptors (Lipinski definition) is 7. The first-order valence-electron chi connectivity index (χ1n) is 9.66. The van der Waals surface area contributed by atoms with Gasteiger partial charge in [-0.25, -0.2) is 0 Å². The van der Waals surface area contributed by atoms with Crippen LogP contribution >= 0.6 is 0 Å². The summed E-state index contributed by atoms with van der Waals surface area (Å²) in [5, 5.41) is 6.78. The lowest BCUT2D eigenvalue weighted by molar-refractivity contribution is -0.126. The van der Waals surface area contributed by atoms with E-state index >= 15 is 0 Å². The number of carbonyl (C=O) groups excluding carboxylic acids is 1. The zero-order chi connectivity index (χ0) is 20.6. The van der Waals surface area contributed by atoms with E-state index in [1.54, 1.807) is 13.2 Å². The van der Waals surface area contributed by atoms with Gasteiger partial charge in [0, 0.05) is 32.9 Å². The van der Waals surface area contributed by atoms with E-state index in [-0.39, 0.29) is 5.91 Å². The van der Waals surface area contributed by atoms with E-state index < -0.39 is 5.54 Å². The first-order chi connectivity index (χ1) is 13.3. The molecule has 1 aromatic rings. The van der Waals surface area contributed by atoms with Crippen LogP contribution in [-0.4, -0.2) is 75.2 Å². The van der Waals surface area contributed by atoms with E-state index in [2.05, 4.69) is 22.0 Å². The lowest BCUT2D eigenvalue weighted by atomic mass is 9.95. The van der Waals surface area contributed by atoms with E-state index in [1.165, 1.54) is 0 Å². The van der Waals surface area contributed by atoms with Gasteiger partial charge in [0.05, 0.1) is 25.4 Å². The lowest BCUT2D eigenvalue weighted by Crippen LogP contribution is -2.52. The third-order valence-electron chi connectivity index (χ3n) is 5.20. The van der Waals surface area contributed by atoms with Crippen LogP contribution in [0, 0.1) is 5.92 Å². The largest absolute Gasteiger partial charge is 0.382 e. The number of ether oxygens (including phenoxy) is 3. The van der Waals surface area contributed by atoms with Gasteiger partial charge in [0.1, 0.15) is 5.69 Å². The molecule has 0 aromatic carbocycles. The second-order valence-electron chi connectivity index (χ2n) is 7.67. The normalized spacial score (nSPS) is 15.8. The van der Waals surface area contributed by atoms with Crippen LogP contribution in [0.15, 0.2) is 17.2 Å². The summed E-state index contributed by atoms with van der Waals surface area (Å²) < 4.78 is 21.0. The Morgan fingerprint density at radius 1 is 1.39 bits per heavy atom. The number of nitrogens with one attached hydrogen (secondary N) is 1. The van der Waals surface area contributed by atoms with Gasteiger partial charge in [-0.1, -0.05) is 11.7 Å². The van der Waals surface area contributed by atoms with E-state index in [0.717, 1.165) is 32.6 Å². The van der Waals surface area contributed by atoms with Gasteiger partial charge in [0.25, 0.3) is 0 Å². The first-order valence-corrected chi connectivity index (χ1v) is 9.66. The van der Waals surface area contributed by atoms with Crippen LogP contribution in [0.5, 0.6) is 0 Å². The van der Waals surface area contributed by atoms with Gasteiger partial charge in [0.2, 0.25) is 11.8 Å². The minimum absolute atomic E-state index is 0.147. The SMILES string of the molecule is C=C(COCCOC)c1cc(NC(=O)C(C)(C)N(C)CC2CCOCC2)on1. The summed E-state index contributed by atoms with van der Waals surface area (Å²) in [5.74, 6) is 0.696. The molecule has 0 radical (unpaired) electrons. The van der Waals surface area contributed by atoms with Crippen molar-refractivity contribution in [2.45, 2.75) is 32.2 Å². The highest BCUT2D eigenvalue weighted by molar-refractivity contribution is 5.96. The second-order valence-corrected chi connectivity index (χ2v) is 7.67. The molecule has 0 spiro atoms. The fraction of sp³-hybridized carbons (Fsp3) is 0.700. The number of anilines is 1. The molecule has 0 bridgehead atoms. The molecule has 1 aliphatic rings. The van der Waals surface area contributed by atoms with Gasteiger partial charge < -0.3 is 18.7 Å². The van der Waals surface area contributed by atoms with E-state index in [1.807, 2.05) is 20.9 Å². The Kier molecular flexibility index (Phi) is 8.62. The van der Waals surface area contributed by atoms with Gasteiger partial charge in [-0.15, -0.1) is 0 Å². The predicted molar refractivity (Wildman–Crippen MR) is 107 cm³/mol. The number of methoxy groups -OCH3 is 1. The molecular formula is C20H33N3O5. The maximum Gasteiger partial charge on any atom is 0.246 e. The third kappa shape index (κ3) is 6.41. The zero-order valence-corrected chi connectivity index (χ0v) is 17.5. The van der Waals surface area contributed by atoms with Crippen molar-refractivity contribution in [2.24, 2.45) is 5.92 Å². The van der Waals surface area contributed by atoms with Gasteiger partial charge in [-0.05, 0) is 45.2 Å². The highest BCUT2D eigenvalue weighted by atomic mass is 16.5. The van der Waals surface area contributed by atoms with Gasteiger partial charge in [-0.3, -0.25) is 15.0 Å². The average Bonchev–Trinajstić information content (AvgIpc) is 3.14. The highest BCUT2D eigenvalue weighted by Crippen LogP contribution is 2.23. The standard InChI is InChI=1S/C20H33N3O5/c1-15(14-27-11-10-25-5)17-12-18(28-22-17)21-19(24)20(2,3)23(4)13-16-6-8-26-9-7-16/h12,16H,1,6-11,13-14H2,2-5H3,(H,21,24). The summed E-state index contributed by atoms with van der Waals surface area (Å²) in [5.41, 5.74) is 0.545. The van der Waals surface area contributed by atoms with E-state index in [9.17, 15) is 4.79 Å². The molecular weight excluding hydrogens is 362 g/mol. The molecule has 0 atom stereocenters. The van der Waals surface area contributed by atoms with Crippen molar-refractivity contribution < 1.29 is 23.5 Å². The zero-order valence-electron chi connectivity index (χ0n) is 17.5. The van der Waals surface area contributed by atoms with Crippen LogP contribution in [0.3, 0.4) is 0 Å². The van der Waals surface area contributed by atoms with Crippen LogP contribution in [0.1, 0.15) is 32.4 Å². The van der Waals surface area contributed by atoms with Crippen LogP contribution < -0.4 is 5.32 Å². The smallest absolute Gasteiger partial charge is 0.246 e. The molecule has 2 rings (SSSR count). The molecule has 1 N–H and O–H groups in total. The Morgan fingerprint density at radius 2 is 2.11 bits per heavy atom. The molecule has 0 saturated carbocycles. The minimum Gasteiger partial charge on any atom is -0.382 e. The van der Waals surface area contributed by atoms with Gasteiger partial charge in [0.15, 0.2) is 0 Å². The molecule has 8 heteroatoms. The van der Waals surface area contributed by atoms with Gasteiger partial charge in [-0.2, -0.15) is 0 Å². The number of hydrogen-bond donors (Lipinski definition) is 1. The molecule has 8 nitrogen and oxygen atoms in total. The number of nitrogens with zero attached hydrogens (tertiary/aromatic N) is 2. The molecule has 2 heterocycles. The topological polar surface area (TPSA) is 86.1 Å². The van der Waals surface area contributed by atoms with Crippen LogP contribution in [0.2, 0.25) is 0 Å². The van der Waals surface area contributed by atoms with Crippen LogP contribution in [-0.2, 0) is 19.0 Å². The Morgan fingerprint density at radius 3 is 2.79 bits per heavy atom. The molecule has 1 fully saturated rings. The Hall–Kier alpha value is -1.74. The molecule has 1 aliphatic heterocycles. The third-order valence-corrected chi connectivity index (χ3v) is 5.20. The second kappa shape index (κ2) is 10.7. The molecule has 1 amide bonds. The molecule has 0 aliphatic carbocycles. The Bertz CT molecular complexity index is 638. The van der Waals surface area contributed by atoms with Crippen molar-refractivity contribution in [3.05, 3.63) is 18.3 Å². The van der Waals surface area contributed by atoms with Gasteiger partial charge >= 0.3 is 0 Å². The maximum absolute atomic E-state index is 12.8. The summed E-state index contributed by atoms with van der Waals surface area (Å²) in [6.07, 6.45) is 2.06. The van der Waals surface area contributed by atoms with E-state index in [4.69, 9.17) is 18.7 Å². The van der Waals surface area contributed by atoms with Crippen LogP contribution in [0.4, 0.5) is 5.88 Å². The maximum atomic E-state index is 12.8. The van der Waals surface area contributed by atoms with Crippen molar-refractivity contribution in [1.29, 1.82) is 0 Å². The lowest BCUT2D eigenvalue weighted by Gasteiger charge is -2.37. The first kappa shape index (κ1) is 22.5. The number of aromatic nitrogens is 1. The highest BCUT2D eigenvalue weighted by Gasteiger charge is 2.34.